The lowest BCUT2D eigenvalue weighted by Crippen LogP contribution is -2.29. The molecule has 32 heavy (non-hydrogen) atoms. The summed E-state index contributed by atoms with van der Waals surface area (Å²) in [5.74, 6) is 0.253. The molecule has 6 N–H and O–H groups in total. The summed E-state index contributed by atoms with van der Waals surface area (Å²) >= 11 is 3.27. The first-order chi connectivity index (χ1) is 15.3. The van der Waals surface area contributed by atoms with Crippen LogP contribution in [0.15, 0.2) is 52.9 Å². The zero-order chi connectivity index (χ0) is 22.6. The number of aromatic nitrogens is 4. The van der Waals surface area contributed by atoms with Crippen molar-refractivity contribution < 1.29 is 14.6 Å². The summed E-state index contributed by atoms with van der Waals surface area (Å²) in [4.78, 5) is 12.5. The monoisotopic (exact) mass is 498 g/mol. The van der Waals surface area contributed by atoms with Gasteiger partial charge >= 0.3 is 0 Å². The standard InChI is InChI=1S/C22H20BrFN6O2/c23-14-8-13-15(24)5-10(6-16(13)29-21(14)26)1-2-11-7-17(19(32)18(11)31)30-4-3-12-20(25)27-9-28-22(12)30/h3-9,17-19,31-32H,1-2H2,(H2,26,29)(H2,25,27,28). The van der Waals surface area contributed by atoms with Gasteiger partial charge in [0, 0.05) is 11.6 Å². The number of aliphatic hydroxyl groups excluding tert-OH is 2. The first-order valence-electron chi connectivity index (χ1n) is 10.0. The Bertz CT molecular complexity index is 1390. The molecule has 0 amide bonds. The molecular weight excluding hydrogens is 479 g/mol. The van der Waals surface area contributed by atoms with Gasteiger partial charge in [0.25, 0.3) is 0 Å². The second-order valence-electron chi connectivity index (χ2n) is 7.89. The van der Waals surface area contributed by atoms with E-state index in [-0.39, 0.29) is 11.6 Å². The average Bonchev–Trinajstić information content (AvgIpc) is 3.31. The van der Waals surface area contributed by atoms with E-state index in [1.807, 2.05) is 6.08 Å². The highest BCUT2D eigenvalue weighted by Crippen LogP contribution is 2.35. The molecule has 0 aliphatic heterocycles. The molecule has 3 unspecified atom stereocenters. The molecule has 8 nitrogen and oxygen atoms in total. The van der Waals surface area contributed by atoms with Crippen LogP contribution in [0.5, 0.6) is 0 Å². The topological polar surface area (TPSA) is 136 Å². The number of aryl methyl sites for hydroxylation is 1. The quantitative estimate of drug-likeness (QED) is 0.317. The molecule has 0 radical (unpaired) electrons. The van der Waals surface area contributed by atoms with Gasteiger partial charge in [-0.3, -0.25) is 0 Å². The van der Waals surface area contributed by atoms with Gasteiger partial charge in [-0.05, 0) is 64.2 Å². The molecule has 0 spiro atoms. The highest BCUT2D eigenvalue weighted by Gasteiger charge is 2.36. The zero-order valence-electron chi connectivity index (χ0n) is 16.8. The van der Waals surface area contributed by atoms with E-state index in [1.54, 1.807) is 29.0 Å². The van der Waals surface area contributed by atoms with E-state index < -0.39 is 18.2 Å². The number of hydrogen-bond donors (Lipinski definition) is 4. The highest BCUT2D eigenvalue weighted by atomic mass is 79.9. The molecule has 0 saturated heterocycles. The van der Waals surface area contributed by atoms with Crippen molar-refractivity contribution in [3.05, 3.63) is 64.3 Å². The molecule has 0 bridgehead atoms. The van der Waals surface area contributed by atoms with Crippen molar-refractivity contribution in [3.8, 4) is 0 Å². The number of aliphatic hydroxyl groups is 2. The van der Waals surface area contributed by atoms with Crippen LogP contribution < -0.4 is 11.5 Å². The van der Waals surface area contributed by atoms with Crippen molar-refractivity contribution in [1.29, 1.82) is 0 Å². The van der Waals surface area contributed by atoms with Gasteiger partial charge in [0.05, 0.1) is 21.4 Å². The minimum atomic E-state index is -1.04. The van der Waals surface area contributed by atoms with E-state index >= 15 is 0 Å². The summed E-state index contributed by atoms with van der Waals surface area (Å²) in [6, 6.07) is 6.14. The van der Waals surface area contributed by atoms with Crippen molar-refractivity contribution in [1.82, 2.24) is 19.5 Å². The van der Waals surface area contributed by atoms with E-state index in [2.05, 4.69) is 30.9 Å². The van der Waals surface area contributed by atoms with Gasteiger partial charge in [-0.2, -0.15) is 0 Å². The third-order valence-electron chi connectivity index (χ3n) is 5.93. The third-order valence-corrected chi connectivity index (χ3v) is 6.56. The fourth-order valence-electron chi connectivity index (χ4n) is 4.24. The number of rotatable bonds is 4. The number of nitrogens with two attached hydrogens (primary N) is 2. The lowest BCUT2D eigenvalue weighted by molar-refractivity contribution is 0.0317. The lowest BCUT2D eigenvalue weighted by atomic mass is 10.0. The van der Waals surface area contributed by atoms with Crippen LogP contribution in [0, 0.1) is 5.82 Å². The average molecular weight is 499 g/mol. The number of benzene rings is 1. The Morgan fingerprint density at radius 3 is 2.69 bits per heavy atom. The number of nitrogens with zero attached hydrogens (tertiary/aromatic N) is 4. The minimum Gasteiger partial charge on any atom is -0.388 e. The number of pyridine rings is 1. The Morgan fingerprint density at radius 1 is 1.06 bits per heavy atom. The molecule has 4 aromatic rings. The van der Waals surface area contributed by atoms with E-state index in [0.29, 0.717) is 50.6 Å². The molecule has 1 aliphatic carbocycles. The maximum atomic E-state index is 14.6. The number of anilines is 2. The first-order valence-corrected chi connectivity index (χ1v) is 10.8. The summed E-state index contributed by atoms with van der Waals surface area (Å²) in [6.45, 7) is 0. The summed E-state index contributed by atoms with van der Waals surface area (Å²) in [7, 11) is 0. The van der Waals surface area contributed by atoms with Gasteiger partial charge in [0.2, 0.25) is 0 Å². The van der Waals surface area contributed by atoms with Crippen LogP contribution in [-0.4, -0.2) is 41.9 Å². The van der Waals surface area contributed by atoms with Gasteiger partial charge in [-0.25, -0.2) is 19.3 Å². The van der Waals surface area contributed by atoms with Crippen molar-refractivity contribution in [2.45, 2.75) is 31.1 Å². The first kappa shape index (κ1) is 20.8. The Kier molecular flexibility index (Phi) is 5.07. The van der Waals surface area contributed by atoms with E-state index in [4.69, 9.17) is 11.5 Å². The summed E-state index contributed by atoms with van der Waals surface area (Å²) in [5.41, 5.74) is 14.2. The van der Waals surface area contributed by atoms with Crippen LogP contribution in [0.1, 0.15) is 18.0 Å². The van der Waals surface area contributed by atoms with Gasteiger partial charge in [0.15, 0.2) is 0 Å². The van der Waals surface area contributed by atoms with Crippen LogP contribution in [0.3, 0.4) is 0 Å². The van der Waals surface area contributed by atoms with Crippen molar-refractivity contribution in [2.24, 2.45) is 0 Å². The van der Waals surface area contributed by atoms with Crippen LogP contribution in [0.25, 0.3) is 21.9 Å². The van der Waals surface area contributed by atoms with E-state index in [0.717, 1.165) is 5.56 Å². The van der Waals surface area contributed by atoms with Gasteiger partial charge in [-0.1, -0.05) is 6.08 Å². The molecule has 3 heterocycles. The third kappa shape index (κ3) is 3.40. The Labute approximate surface area is 190 Å². The molecule has 1 aliphatic rings. The molecule has 5 rings (SSSR count). The molecule has 3 aromatic heterocycles. The summed E-state index contributed by atoms with van der Waals surface area (Å²) < 4.78 is 16.9. The lowest BCUT2D eigenvalue weighted by Gasteiger charge is -2.19. The fourth-order valence-corrected chi connectivity index (χ4v) is 4.56. The van der Waals surface area contributed by atoms with E-state index in [9.17, 15) is 14.6 Å². The van der Waals surface area contributed by atoms with Crippen molar-refractivity contribution >= 4 is 49.5 Å². The maximum Gasteiger partial charge on any atom is 0.146 e. The zero-order valence-corrected chi connectivity index (χ0v) is 18.4. The van der Waals surface area contributed by atoms with Crippen LogP contribution in [0.4, 0.5) is 16.0 Å². The Balaban J connectivity index is 1.42. The molecule has 164 valence electrons. The predicted octanol–water partition coefficient (Wildman–Crippen LogP) is 2.88. The van der Waals surface area contributed by atoms with Crippen LogP contribution >= 0.6 is 15.9 Å². The smallest absolute Gasteiger partial charge is 0.146 e. The number of nitrogen functional groups attached to an aromatic ring is 2. The van der Waals surface area contributed by atoms with Crippen LogP contribution in [-0.2, 0) is 6.42 Å². The van der Waals surface area contributed by atoms with Crippen molar-refractivity contribution in [2.75, 3.05) is 11.5 Å². The van der Waals surface area contributed by atoms with Gasteiger partial charge in [-0.15, -0.1) is 0 Å². The molecular formula is C22H20BrFN6O2. The number of halogens is 2. The Morgan fingerprint density at radius 2 is 1.88 bits per heavy atom. The predicted molar refractivity (Wildman–Crippen MR) is 123 cm³/mol. The molecule has 10 heteroatoms. The van der Waals surface area contributed by atoms with Gasteiger partial charge < -0.3 is 26.2 Å². The maximum absolute atomic E-state index is 14.6. The second kappa shape index (κ2) is 7.80. The Hall–Kier alpha value is -3.08. The minimum absolute atomic E-state index is 0.289. The highest BCUT2D eigenvalue weighted by molar-refractivity contribution is 9.10. The van der Waals surface area contributed by atoms with E-state index in [1.165, 1.54) is 12.4 Å². The molecule has 0 saturated carbocycles. The second-order valence-corrected chi connectivity index (χ2v) is 8.74. The SMILES string of the molecule is Nc1nc2cc(CCC3=CC(n4ccc5c(N)ncnc54)C(O)C3O)cc(F)c2cc1Br. The number of fused-ring (bicyclic) bond motifs is 2. The number of hydrogen-bond acceptors (Lipinski definition) is 7. The molecule has 3 atom stereocenters. The van der Waals surface area contributed by atoms with Crippen molar-refractivity contribution in [3.63, 3.8) is 0 Å². The molecule has 1 aromatic carbocycles. The van der Waals surface area contributed by atoms with Crippen LogP contribution in [0.2, 0.25) is 0 Å². The summed E-state index contributed by atoms with van der Waals surface area (Å²) in [6.07, 6.45) is 3.80. The molecule has 0 fully saturated rings. The fraction of sp³-hybridized carbons (Fsp3) is 0.227. The summed E-state index contributed by atoms with van der Waals surface area (Å²) in [5, 5.41) is 22.4. The van der Waals surface area contributed by atoms with Gasteiger partial charge in [0.1, 0.15) is 41.6 Å². The normalized spacial score (nSPS) is 20.9. The largest absolute Gasteiger partial charge is 0.388 e.